The molecule has 1 heterocycles. The number of carbonyl (C=O) groups excluding carboxylic acids is 3. The Labute approximate surface area is 270 Å². The minimum atomic E-state index is -1.39. The van der Waals surface area contributed by atoms with Crippen LogP contribution in [-0.2, 0) is 14.3 Å². The second-order valence-corrected chi connectivity index (χ2v) is 16.2. The lowest BCUT2D eigenvalue weighted by molar-refractivity contribution is -0.180. The highest BCUT2D eigenvalue weighted by Gasteiger charge is 2.70. The molecule has 0 aliphatic heterocycles. The van der Waals surface area contributed by atoms with Gasteiger partial charge in [-0.2, -0.15) is 0 Å². The number of aliphatic hydroxyl groups is 1. The summed E-state index contributed by atoms with van der Waals surface area (Å²) in [7, 11) is 0. The first-order valence-electron chi connectivity index (χ1n) is 15.5. The van der Waals surface area contributed by atoms with Gasteiger partial charge in [-0.05, 0) is 104 Å². The molecule has 0 saturated heterocycles. The standard InChI is InChI=1S/C35H36ClNO5S2/c1-33-15-13-23(38)17-21(33)9-12-24-25-14-16-35(34(25,2)18-27(39)30(24)33,42-31(41)20-7-10-22(36)11-8-20)29(40)19-43-32-37-26-5-3-4-6-28(26)44-32/h3-8,10-11,17,24-25,27,30,39H,9,12-16,18-19H2,1-2H3/t24?,25?,27?,30?,33?,34?,35-/m0/s1. The number of allylic oxidation sites excluding steroid dienone is 1. The lowest BCUT2D eigenvalue weighted by Crippen LogP contribution is -2.63. The molecular weight excluding hydrogens is 614 g/mol. The summed E-state index contributed by atoms with van der Waals surface area (Å²) in [5.74, 6) is -0.121. The van der Waals surface area contributed by atoms with Crippen LogP contribution in [0.1, 0.15) is 69.2 Å². The first kappa shape index (κ1) is 30.2. The zero-order valence-electron chi connectivity index (χ0n) is 24.9. The van der Waals surface area contributed by atoms with Crippen LogP contribution in [0, 0.1) is 28.6 Å². The van der Waals surface area contributed by atoms with E-state index < -0.39 is 23.1 Å². The van der Waals surface area contributed by atoms with Crippen molar-refractivity contribution in [2.75, 3.05) is 5.75 Å². The van der Waals surface area contributed by atoms with Crippen molar-refractivity contribution in [3.05, 3.63) is 70.8 Å². The number of aromatic nitrogens is 1. The molecule has 6 unspecified atom stereocenters. The maximum Gasteiger partial charge on any atom is 0.339 e. The van der Waals surface area contributed by atoms with Gasteiger partial charge >= 0.3 is 5.97 Å². The molecule has 0 amide bonds. The number of ether oxygens (including phenoxy) is 1. The molecule has 0 spiro atoms. The number of carbonyl (C=O) groups is 3. The summed E-state index contributed by atoms with van der Waals surface area (Å²) in [6.07, 6.45) is 5.59. The number of Topliss-reactive ketones (excluding diaryl/α,β-unsaturated/α-hetero) is 1. The predicted molar refractivity (Wildman–Crippen MR) is 173 cm³/mol. The summed E-state index contributed by atoms with van der Waals surface area (Å²) in [4.78, 5) is 45.3. The van der Waals surface area contributed by atoms with Gasteiger partial charge in [0.1, 0.15) is 0 Å². The molecule has 3 fully saturated rings. The number of ketones is 2. The molecule has 7 rings (SSSR count). The van der Waals surface area contributed by atoms with Crippen LogP contribution in [0.4, 0.5) is 0 Å². The fourth-order valence-corrected chi connectivity index (χ4v) is 11.5. The van der Waals surface area contributed by atoms with Crippen molar-refractivity contribution in [1.82, 2.24) is 4.98 Å². The lowest BCUT2D eigenvalue weighted by Gasteiger charge is -2.60. The molecule has 3 aromatic rings. The third kappa shape index (κ3) is 4.70. The lowest BCUT2D eigenvalue weighted by atomic mass is 9.45. The summed E-state index contributed by atoms with van der Waals surface area (Å²) in [5, 5.41) is 12.5. The number of hydrogen-bond donors (Lipinski definition) is 1. The van der Waals surface area contributed by atoms with Gasteiger partial charge in [0, 0.05) is 16.9 Å². The number of aliphatic hydroxyl groups excluding tert-OH is 1. The molecule has 44 heavy (non-hydrogen) atoms. The second-order valence-electron chi connectivity index (χ2n) is 13.5. The molecule has 3 saturated carbocycles. The molecular formula is C35H36ClNO5S2. The predicted octanol–water partition coefficient (Wildman–Crippen LogP) is 7.71. The monoisotopic (exact) mass is 649 g/mol. The Morgan fingerprint density at radius 2 is 1.86 bits per heavy atom. The van der Waals surface area contributed by atoms with Gasteiger partial charge in [0.15, 0.2) is 21.5 Å². The minimum Gasteiger partial charge on any atom is -0.447 e. The summed E-state index contributed by atoms with van der Waals surface area (Å²) in [6.45, 7) is 4.29. The smallest absolute Gasteiger partial charge is 0.339 e. The quantitative estimate of drug-likeness (QED) is 0.216. The van der Waals surface area contributed by atoms with Crippen LogP contribution in [0.5, 0.6) is 0 Å². The van der Waals surface area contributed by atoms with Crippen molar-refractivity contribution in [1.29, 1.82) is 0 Å². The van der Waals surface area contributed by atoms with Gasteiger partial charge < -0.3 is 9.84 Å². The fourth-order valence-electron chi connectivity index (χ4n) is 9.32. The van der Waals surface area contributed by atoms with E-state index in [1.165, 1.54) is 17.3 Å². The molecule has 230 valence electrons. The van der Waals surface area contributed by atoms with Gasteiger partial charge in [0.2, 0.25) is 0 Å². The molecule has 4 aliphatic carbocycles. The molecule has 9 heteroatoms. The number of thioether (sulfide) groups is 1. The molecule has 0 bridgehead atoms. The topological polar surface area (TPSA) is 93.6 Å². The SMILES string of the molecule is CC12CCC(=O)C=C1CCC1C2C(O)CC2(C)C1CC[C@]2(OC(=O)c1ccc(Cl)cc1)C(=O)CSc1nc2ccccc2s1. The van der Waals surface area contributed by atoms with Crippen LogP contribution < -0.4 is 0 Å². The number of halogens is 1. The van der Waals surface area contributed by atoms with E-state index in [-0.39, 0.29) is 40.5 Å². The molecule has 1 aromatic heterocycles. The van der Waals surface area contributed by atoms with Crippen molar-refractivity contribution < 1.29 is 24.2 Å². The van der Waals surface area contributed by atoms with E-state index in [4.69, 9.17) is 21.3 Å². The van der Waals surface area contributed by atoms with Gasteiger partial charge in [-0.1, -0.05) is 54.9 Å². The highest BCUT2D eigenvalue weighted by atomic mass is 35.5. The molecule has 0 radical (unpaired) electrons. The maximum absolute atomic E-state index is 14.6. The number of nitrogens with zero attached hydrogens (tertiary/aromatic N) is 1. The number of thiazole rings is 1. The molecule has 2 aromatic carbocycles. The summed E-state index contributed by atoms with van der Waals surface area (Å²) in [5.41, 5.74) is 0.0318. The zero-order chi connectivity index (χ0) is 30.9. The summed E-state index contributed by atoms with van der Waals surface area (Å²) >= 11 is 9.03. The van der Waals surface area contributed by atoms with Crippen molar-refractivity contribution in [3.63, 3.8) is 0 Å². The van der Waals surface area contributed by atoms with Crippen LogP contribution >= 0.6 is 34.7 Å². The van der Waals surface area contributed by atoms with E-state index >= 15 is 0 Å². The van der Waals surface area contributed by atoms with Crippen LogP contribution in [-0.4, -0.2) is 45.1 Å². The Hall–Kier alpha value is -2.52. The van der Waals surface area contributed by atoms with Crippen LogP contribution in [0.15, 0.2) is 64.5 Å². The highest BCUT2D eigenvalue weighted by molar-refractivity contribution is 8.01. The van der Waals surface area contributed by atoms with Gasteiger partial charge in [0.05, 0.1) is 27.6 Å². The van der Waals surface area contributed by atoms with Crippen LogP contribution in [0.3, 0.4) is 0 Å². The van der Waals surface area contributed by atoms with Gasteiger partial charge in [-0.15, -0.1) is 11.3 Å². The Balaban J connectivity index is 1.23. The van der Waals surface area contributed by atoms with Crippen LogP contribution in [0.2, 0.25) is 5.02 Å². The highest BCUT2D eigenvalue weighted by Crippen LogP contribution is 2.68. The normalized spacial score (nSPS) is 34.5. The Morgan fingerprint density at radius 3 is 2.64 bits per heavy atom. The van der Waals surface area contributed by atoms with E-state index in [9.17, 15) is 19.5 Å². The van der Waals surface area contributed by atoms with Crippen LogP contribution in [0.25, 0.3) is 10.2 Å². The first-order valence-corrected chi connectivity index (χ1v) is 17.6. The number of esters is 1. The van der Waals surface area contributed by atoms with E-state index in [1.54, 1.807) is 35.6 Å². The van der Waals surface area contributed by atoms with Crippen molar-refractivity contribution in [2.24, 2.45) is 28.6 Å². The second kappa shape index (κ2) is 11.1. The average molecular weight is 650 g/mol. The Morgan fingerprint density at radius 1 is 1.09 bits per heavy atom. The number of rotatable bonds is 6. The number of hydrogen-bond acceptors (Lipinski definition) is 8. The Kier molecular flexibility index (Phi) is 7.59. The van der Waals surface area contributed by atoms with Gasteiger partial charge in [0.25, 0.3) is 0 Å². The summed E-state index contributed by atoms with van der Waals surface area (Å²) in [6, 6.07) is 14.4. The Bertz CT molecular complexity index is 1650. The number of fused-ring (bicyclic) bond motifs is 6. The van der Waals surface area contributed by atoms with Crippen molar-refractivity contribution in [2.45, 2.75) is 74.8 Å². The summed E-state index contributed by atoms with van der Waals surface area (Å²) < 4.78 is 8.31. The van der Waals surface area contributed by atoms with Crippen molar-refractivity contribution in [3.8, 4) is 0 Å². The average Bonchev–Trinajstić information content (AvgIpc) is 3.55. The van der Waals surface area contributed by atoms with Gasteiger partial charge in [-0.25, -0.2) is 9.78 Å². The maximum atomic E-state index is 14.6. The number of benzene rings is 2. The fraction of sp³-hybridized carbons (Fsp3) is 0.486. The van der Waals surface area contributed by atoms with Crippen molar-refractivity contribution >= 4 is 62.5 Å². The molecule has 1 N–H and O–H groups in total. The number of para-hydroxylation sites is 1. The van der Waals surface area contributed by atoms with E-state index in [2.05, 4.69) is 13.8 Å². The third-order valence-corrected chi connectivity index (χ3v) is 13.8. The van der Waals surface area contributed by atoms with E-state index in [0.29, 0.717) is 29.8 Å². The zero-order valence-corrected chi connectivity index (χ0v) is 27.3. The largest absolute Gasteiger partial charge is 0.447 e. The molecule has 7 atom stereocenters. The van der Waals surface area contributed by atoms with E-state index in [1.807, 2.05) is 30.3 Å². The molecule has 6 nitrogen and oxygen atoms in total. The first-order chi connectivity index (χ1) is 21.0. The molecule has 4 aliphatic rings. The van der Waals surface area contributed by atoms with Gasteiger partial charge in [-0.3, -0.25) is 9.59 Å². The third-order valence-electron chi connectivity index (χ3n) is 11.4. The minimum absolute atomic E-state index is 0.00340. The van der Waals surface area contributed by atoms with E-state index in [0.717, 1.165) is 40.2 Å².